The zero-order valence-electron chi connectivity index (χ0n) is 12.0. The number of benzene rings is 1. The molecule has 2 heterocycles. The van der Waals surface area contributed by atoms with E-state index in [1.54, 1.807) is 0 Å². The highest BCUT2D eigenvalue weighted by Crippen LogP contribution is 2.48. The molecule has 0 aliphatic carbocycles. The Labute approximate surface area is 130 Å². The summed E-state index contributed by atoms with van der Waals surface area (Å²) in [5.41, 5.74) is -1.46. The van der Waals surface area contributed by atoms with Gasteiger partial charge in [0.2, 0.25) is 5.60 Å². The van der Waals surface area contributed by atoms with Crippen molar-refractivity contribution in [2.75, 3.05) is 6.61 Å². The Balaban J connectivity index is 2.02. The number of hydrogen-bond acceptors (Lipinski definition) is 8. The summed E-state index contributed by atoms with van der Waals surface area (Å²) in [4.78, 5) is 24.1. The number of esters is 2. The van der Waals surface area contributed by atoms with Gasteiger partial charge < -0.3 is 29.9 Å². The largest absolute Gasteiger partial charge is 0.508 e. The van der Waals surface area contributed by atoms with Crippen molar-refractivity contribution in [2.24, 2.45) is 0 Å². The minimum absolute atomic E-state index is 0.0103. The summed E-state index contributed by atoms with van der Waals surface area (Å²) >= 11 is 0. The average Bonchev–Trinajstić information content (AvgIpc) is 3.01. The molecule has 2 aliphatic heterocycles. The van der Waals surface area contributed by atoms with Crippen molar-refractivity contribution < 1.29 is 39.5 Å². The van der Waals surface area contributed by atoms with Crippen molar-refractivity contribution in [3.63, 3.8) is 0 Å². The topological polar surface area (TPSA) is 134 Å². The van der Waals surface area contributed by atoms with E-state index >= 15 is 0 Å². The van der Waals surface area contributed by atoms with Crippen LogP contribution < -0.4 is 0 Å². The molecule has 5 atom stereocenters. The molecule has 23 heavy (non-hydrogen) atoms. The minimum Gasteiger partial charge on any atom is -0.508 e. The molecule has 3 rings (SSSR count). The molecule has 2 aliphatic rings. The minimum atomic E-state index is -1.96. The summed E-state index contributed by atoms with van der Waals surface area (Å²) in [5.74, 6) is -2.46. The first-order valence-corrected chi connectivity index (χ1v) is 7.09. The molecule has 0 radical (unpaired) electrons. The van der Waals surface area contributed by atoms with Crippen LogP contribution in [0.25, 0.3) is 0 Å². The molecule has 124 valence electrons. The average molecular weight is 324 g/mol. The second kappa shape index (κ2) is 5.48. The highest BCUT2D eigenvalue weighted by molar-refractivity contribution is 5.91. The van der Waals surface area contributed by atoms with Gasteiger partial charge in [0.15, 0.2) is 6.10 Å². The van der Waals surface area contributed by atoms with E-state index in [4.69, 9.17) is 14.6 Å². The molecule has 0 aromatic heterocycles. The van der Waals surface area contributed by atoms with Gasteiger partial charge >= 0.3 is 11.9 Å². The normalized spacial score (nSPS) is 34.5. The van der Waals surface area contributed by atoms with Crippen LogP contribution in [0.1, 0.15) is 17.9 Å². The lowest BCUT2D eigenvalue weighted by atomic mass is 9.77. The van der Waals surface area contributed by atoms with E-state index in [2.05, 4.69) is 0 Å². The Morgan fingerprint density at radius 1 is 1.26 bits per heavy atom. The van der Waals surface area contributed by atoms with Crippen molar-refractivity contribution in [1.29, 1.82) is 0 Å². The summed E-state index contributed by atoms with van der Waals surface area (Å²) in [7, 11) is 0. The summed E-state index contributed by atoms with van der Waals surface area (Å²) in [6.45, 7) is -0.719. The number of phenolic OH excluding ortho intramolecular Hbond substituents is 1. The van der Waals surface area contributed by atoms with Gasteiger partial charge in [0, 0.05) is 5.92 Å². The predicted molar refractivity (Wildman–Crippen MR) is 73.3 cm³/mol. The van der Waals surface area contributed by atoms with Crippen LogP contribution >= 0.6 is 0 Å². The fourth-order valence-corrected chi connectivity index (χ4v) is 3.18. The van der Waals surface area contributed by atoms with Crippen molar-refractivity contribution in [1.82, 2.24) is 0 Å². The van der Waals surface area contributed by atoms with Crippen LogP contribution in [0.4, 0.5) is 0 Å². The first-order chi connectivity index (χ1) is 10.9. The molecule has 1 spiro atoms. The van der Waals surface area contributed by atoms with Gasteiger partial charge in [-0.3, -0.25) is 4.79 Å². The quantitative estimate of drug-likeness (QED) is 0.510. The number of carbonyl (C=O) groups is 2. The van der Waals surface area contributed by atoms with Gasteiger partial charge in [-0.25, -0.2) is 4.79 Å². The van der Waals surface area contributed by atoms with Gasteiger partial charge in [-0.05, 0) is 17.7 Å². The van der Waals surface area contributed by atoms with Crippen molar-refractivity contribution in [3.8, 4) is 5.75 Å². The Bertz CT molecular complexity index is 627. The fourth-order valence-electron chi connectivity index (χ4n) is 3.18. The molecule has 8 heteroatoms. The number of aliphatic hydroxyl groups is 3. The number of ether oxygens (including phenoxy) is 2. The second-order valence-electron chi connectivity index (χ2n) is 5.68. The molecular formula is C15H16O8. The predicted octanol–water partition coefficient (Wildman–Crippen LogP) is -1.20. The summed E-state index contributed by atoms with van der Waals surface area (Å²) in [6.07, 6.45) is -4.66. The van der Waals surface area contributed by atoms with Gasteiger partial charge in [-0.2, -0.15) is 0 Å². The van der Waals surface area contributed by atoms with E-state index in [-0.39, 0.29) is 12.2 Å². The van der Waals surface area contributed by atoms with E-state index < -0.39 is 48.4 Å². The first-order valence-electron chi connectivity index (χ1n) is 7.09. The molecule has 8 nitrogen and oxygen atoms in total. The third kappa shape index (κ3) is 2.26. The van der Waals surface area contributed by atoms with E-state index in [0.717, 1.165) is 0 Å². The van der Waals surface area contributed by atoms with Gasteiger partial charge in [0.05, 0.1) is 13.0 Å². The lowest BCUT2D eigenvalue weighted by molar-refractivity contribution is -0.169. The SMILES string of the molecule is O=C1C[C@H](c2ccc(O)cc2)[C@@]2(O1)C(=O)O[C@@H]([C@H](O)CO)[C@H]2O. The first kappa shape index (κ1) is 15.7. The zero-order chi connectivity index (χ0) is 16.8. The number of aliphatic hydroxyl groups excluding tert-OH is 3. The summed E-state index contributed by atoms with van der Waals surface area (Å²) < 4.78 is 10.1. The molecule has 1 aromatic carbocycles. The van der Waals surface area contributed by atoms with Crippen LogP contribution in [0.3, 0.4) is 0 Å². The Kier molecular flexibility index (Phi) is 3.75. The molecular weight excluding hydrogens is 308 g/mol. The van der Waals surface area contributed by atoms with Gasteiger partial charge in [-0.15, -0.1) is 0 Å². The molecule has 1 aromatic rings. The highest BCUT2D eigenvalue weighted by Gasteiger charge is 2.69. The second-order valence-corrected chi connectivity index (χ2v) is 5.68. The molecule has 4 N–H and O–H groups in total. The third-order valence-corrected chi connectivity index (χ3v) is 4.35. The molecule has 2 fully saturated rings. The van der Waals surface area contributed by atoms with Gasteiger partial charge in [-0.1, -0.05) is 12.1 Å². The smallest absolute Gasteiger partial charge is 0.354 e. The Morgan fingerprint density at radius 2 is 1.91 bits per heavy atom. The van der Waals surface area contributed by atoms with Crippen LogP contribution in [0.2, 0.25) is 0 Å². The molecule has 0 saturated carbocycles. The lowest BCUT2D eigenvalue weighted by Crippen LogP contribution is -2.52. The van der Waals surface area contributed by atoms with Crippen molar-refractivity contribution in [3.05, 3.63) is 29.8 Å². The monoisotopic (exact) mass is 324 g/mol. The van der Waals surface area contributed by atoms with Crippen LogP contribution in [0, 0.1) is 0 Å². The van der Waals surface area contributed by atoms with Crippen LogP contribution in [0.15, 0.2) is 24.3 Å². The van der Waals surface area contributed by atoms with E-state index in [9.17, 15) is 24.9 Å². The highest BCUT2D eigenvalue weighted by atomic mass is 16.6. The van der Waals surface area contributed by atoms with E-state index in [1.807, 2.05) is 0 Å². The maximum Gasteiger partial charge on any atom is 0.354 e. The maximum atomic E-state index is 12.3. The standard InChI is InChI=1S/C15H16O8/c16-6-10(18)12-13(20)15(14(21)22-12)9(5-11(19)23-15)7-1-3-8(17)4-2-7/h1-4,9-10,12-13,16-18,20H,5-6H2/t9-,10-,12+,13-,15+/m1/s1. The van der Waals surface area contributed by atoms with Crippen molar-refractivity contribution in [2.45, 2.75) is 36.3 Å². The summed E-state index contributed by atoms with van der Waals surface area (Å²) in [6, 6.07) is 5.80. The van der Waals surface area contributed by atoms with Crippen LogP contribution in [-0.4, -0.2) is 62.9 Å². The van der Waals surface area contributed by atoms with Gasteiger partial charge in [0.1, 0.15) is 18.0 Å². The maximum absolute atomic E-state index is 12.3. The number of aromatic hydroxyl groups is 1. The fraction of sp³-hybridized carbons (Fsp3) is 0.467. The number of cyclic esters (lactones) is 1. The number of hydrogen-bond donors (Lipinski definition) is 4. The van der Waals surface area contributed by atoms with Crippen LogP contribution in [-0.2, 0) is 19.1 Å². The molecule has 2 saturated heterocycles. The zero-order valence-corrected chi connectivity index (χ0v) is 12.0. The van der Waals surface area contributed by atoms with Gasteiger partial charge in [0.25, 0.3) is 0 Å². The Morgan fingerprint density at radius 3 is 2.52 bits per heavy atom. The molecule has 0 unspecified atom stereocenters. The lowest BCUT2D eigenvalue weighted by Gasteiger charge is -2.29. The summed E-state index contributed by atoms with van der Waals surface area (Å²) in [5, 5.41) is 38.5. The van der Waals surface area contributed by atoms with Crippen LogP contribution in [0.5, 0.6) is 5.75 Å². The van der Waals surface area contributed by atoms with E-state index in [0.29, 0.717) is 5.56 Å². The molecule has 0 bridgehead atoms. The molecule has 0 amide bonds. The number of carbonyl (C=O) groups excluding carboxylic acids is 2. The van der Waals surface area contributed by atoms with Crippen molar-refractivity contribution >= 4 is 11.9 Å². The number of rotatable bonds is 3. The third-order valence-electron chi connectivity index (χ3n) is 4.35. The Hall–Kier alpha value is -2.16. The van der Waals surface area contributed by atoms with E-state index in [1.165, 1.54) is 24.3 Å². The number of phenols is 1.